The van der Waals surface area contributed by atoms with Crippen LogP contribution in [0.4, 0.5) is 0 Å². The Kier molecular flexibility index (Phi) is 15.4. The molecule has 140 valence electrons. The van der Waals surface area contributed by atoms with E-state index in [0.29, 0.717) is 12.8 Å². The Bertz CT molecular complexity index is 339. The van der Waals surface area contributed by atoms with Gasteiger partial charge in [-0.15, -0.1) is 0 Å². The van der Waals surface area contributed by atoms with Gasteiger partial charge >= 0.3 is 0 Å². The molecule has 0 bridgehead atoms. The van der Waals surface area contributed by atoms with E-state index in [9.17, 15) is 8.42 Å². The summed E-state index contributed by atoms with van der Waals surface area (Å²) in [7, 11) is -3.83. The average Bonchev–Trinajstić information content (AvgIpc) is 2.50. The van der Waals surface area contributed by atoms with Crippen molar-refractivity contribution < 1.29 is 13.0 Å². The van der Waals surface area contributed by atoms with Crippen LogP contribution in [0.1, 0.15) is 117 Å². The van der Waals surface area contributed by atoms with Gasteiger partial charge in [-0.25, -0.2) is 0 Å². The van der Waals surface area contributed by atoms with E-state index >= 15 is 0 Å². The van der Waals surface area contributed by atoms with Crippen LogP contribution in [0.15, 0.2) is 0 Å². The van der Waals surface area contributed by atoms with Gasteiger partial charge in [0.05, 0.1) is 5.25 Å². The van der Waals surface area contributed by atoms with Crippen molar-refractivity contribution in [3.05, 3.63) is 0 Å². The molecular weight excluding hydrogens is 308 g/mol. The molecule has 0 aromatic heterocycles. The van der Waals surface area contributed by atoms with Crippen LogP contribution < -0.4 is 0 Å². The quantitative estimate of drug-likeness (QED) is 0.240. The van der Waals surface area contributed by atoms with E-state index in [2.05, 4.69) is 6.92 Å². The molecule has 1 N–H and O–H groups in total. The average molecular weight is 349 g/mol. The zero-order chi connectivity index (χ0) is 17.4. The van der Waals surface area contributed by atoms with Crippen LogP contribution >= 0.6 is 0 Å². The molecule has 1 atom stereocenters. The number of hydrogen-bond acceptors (Lipinski definition) is 2. The van der Waals surface area contributed by atoms with E-state index in [1.165, 1.54) is 77.0 Å². The highest BCUT2D eigenvalue weighted by Crippen LogP contribution is 2.16. The second-order valence-electron chi connectivity index (χ2n) is 6.93. The first kappa shape index (κ1) is 22.9. The summed E-state index contributed by atoms with van der Waals surface area (Å²) in [6, 6.07) is 0. The summed E-state index contributed by atoms with van der Waals surface area (Å²) in [4.78, 5) is 0. The Labute approximate surface area is 145 Å². The first-order valence-electron chi connectivity index (χ1n) is 9.98. The molecule has 0 aliphatic carbocycles. The van der Waals surface area contributed by atoms with Gasteiger partial charge in [0.2, 0.25) is 0 Å². The van der Waals surface area contributed by atoms with Gasteiger partial charge in [0.25, 0.3) is 10.1 Å². The summed E-state index contributed by atoms with van der Waals surface area (Å²) in [5, 5.41) is -0.556. The second-order valence-corrected chi connectivity index (χ2v) is 8.63. The Hall–Kier alpha value is -0.0900. The summed E-state index contributed by atoms with van der Waals surface area (Å²) in [6.07, 6.45) is 19.3. The third-order valence-electron chi connectivity index (χ3n) is 4.76. The lowest BCUT2D eigenvalue weighted by Crippen LogP contribution is -2.19. The summed E-state index contributed by atoms with van der Waals surface area (Å²) >= 11 is 0. The van der Waals surface area contributed by atoms with Gasteiger partial charge in [0.1, 0.15) is 0 Å². The number of rotatable bonds is 17. The van der Waals surface area contributed by atoms with Crippen molar-refractivity contribution in [1.29, 1.82) is 0 Å². The molecule has 4 heteroatoms. The zero-order valence-corrected chi connectivity index (χ0v) is 16.4. The third-order valence-corrected chi connectivity index (χ3v) is 6.17. The van der Waals surface area contributed by atoms with Crippen molar-refractivity contribution >= 4 is 10.1 Å². The van der Waals surface area contributed by atoms with Gasteiger partial charge in [-0.05, 0) is 12.8 Å². The minimum atomic E-state index is -3.83. The van der Waals surface area contributed by atoms with Crippen LogP contribution in [-0.4, -0.2) is 18.2 Å². The molecule has 3 nitrogen and oxygen atoms in total. The van der Waals surface area contributed by atoms with Crippen molar-refractivity contribution in [2.45, 2.75) is 122 Å². The molecule has 0 fully saturated rings. The van der Waals surface area contributed by atoms with E-state index in [-0.39, 0.29) is 0 Å². The van der Waals surface area contributed by atoms with Crippen LogP contribution in [0.2, 0.25) is 0 Å². The van der Waals surface area contributed by atoms with Gasteiger partial charge in [0.15, 0.2) is 0 Å². The van der Waals surface area contributed by atoms with Gasteiger partial charge < -0.3 is 0 Å². The fourth-order valence-corrected chi connectivity index (χ4v) is 4.02. The minimum Gasteiger partial charge on any atom is -0.285 e. The van der Waals surface area contributed by atoms with E-state index in [1.807, 2.05) is 6.92 Å². The molecule has 0 aliphatic rings. The highest BCUT2D eigenvalue weighted by molar-refractivity contribution is 7.86. The molecule has 1 unspecified atom stereocenters. The Morgan fingerprint density at radius 3 is 1.30 bits per heavy atom. The highest BCUT2D eigenvalue weighted by atomic mass is 32.2. The summed E-state index contributed by atoms with van der Waals surface area (Å²) < 4.78 is 31.2. The molecule has 0 aromatic carbocycles. The minimum absolute atomic E-state index is 0.511. The standard InChI is InChI=1S/C19H40O3S/c1-3-5-6-7-8-9-10-11-12-13-14-15-16-17-18-19(4-2)23(20,21)22/h19H,3-18H2,1-2H3,(H,20,21,22). The molecule has 0 saturated heterocycles. The molecule has 0 heterocycles. The van der Waals surface area contributed by atoms with E-state index in [0.717, 1.165) is 12.8 Å². The maximum Gasteiger partial charge on any atom is 0.267 e. The fourth-order valence-electron chi connectivity index (χ4n) is 3.13. The van der Waals surface area contributed by atoms with E-state index < -0.39 is 15.4 Å². The fraction of sp³-hybridized carbons (Fsp3) is 1.00. The molecule has 0 aromatic rings. The Balaban J connectivity index is 3.25. The smallest absolute Gasteiger partial charge is 0.267 e. The summed E-state index contributed by atoms with van der Waals surface area (Å²) in [5.41, 5.74) is 0. The maximum absolute atomic E-state index is 11.1. The summed E-state index contributed by atoms with van der Waals surface area (Å²) in [6.45, 7) is 4.08. The second kappa shape index (κ2) is 15.4. The first-order valence-corrected chi connectivity index (χ1v) is 11.5. The van der Waals surface area contributed by atoms with Gasteiger partial charge in [0, 0.05) is 0 Å². The molecule has 0 aliphatic heterocycles. The molecule has 0 saturated carbocycles. The van der Waals surface area contributed by atoms with Crippen LogP contribution in [0.3, 0.4) is 0 Å². The van der Waals surface area contributed by atoms with Crippen molar-refractivity contribution in [1.82, 2.24) is 0 Å². The van der Waals surface area contributed by atoms with Crippen molar-refractivity contribution in [3.63, 3.8) is 0 Å². The normalized spacial score (nSPS) is 13.3. The number of unbranched alkanes of at least 4 members (excludes halogenated alkanes) is 13. The van der Waals surface area contributed by atoms with Crippen LogP contribution in [0.25, 0.3) is 0 Å². The van der Waals surface area contributed by atoms with Crippen molar-refractivity contribution in [3.8, 4) is 0 Å². The van der Waals surface area contributed by atoms with Crippen LogP contribution in [0.5, 0.6) is 0 Å². The van der Waals surface area contributed by atoms with Crippen molar-refractivity contribution in [2.75, 3.05) is 0 Å². The third kappa shape index (κ3) is 15.2. The molecule has 0 spiro atoms. The lowest BCUT2D eigenvalue weighted by Gasteiger charge is -2.10. The van der Waals surface area contributed by atoms with E-state index in [1.54, 1.807) is 0 Å². The van der Waals surface area contributed by atoms with Gasteiger partial charge in [-0.1, -0.05) is 104 Å². The summed E-state index contributed by atoms with van der Waals surface area (Å²) in [5.74, 6) is 0. The predicted octanol–water partition coefficient (Wildman–Crippen LogP) is 6.52. The largest absolute Gasteiger partial charge is 0.285 e. The lowest BCUT2D eigenvalue weighted by molar-refractivity contribution is 0.452. The lowest BCUT2D eigenvalue weighted by atomic mass is 10.0. The molecule has 0 rings (SSSR count). The highest BCUT2D eigenvalue weighted by Gasteiger charge is 2.19. The van der Waals surface area contributed by atoms with Gasteiger partial charge in [-0.2, -0.15) is 8.42 Å². The SMILES string of the molecule is CCCCCCCCCCCCCCCCC(CC)S(=O)(=O)O. The zero-order valence-electron chi connectivity index (χ0n) is 15.6. The Morgan fingerprint density at radius 1 is 0.652 bits per heavy atom. The molecule has 0 amide bonds. The van der Waals surface area contributed by atoms with E-state index in [4.69, 9.17) is 4.55 Å². The first-order chi connectivity index (χ1) is 11.0. The topological polar surface area (TPSA) is 54.4 Å². The van der Waals surface area contributed by atoms with Crippen LogP contribution in [0, 0.1) is 0 Å². The molecule has 0 radical (unpaired) electrons. The Morgan fingerprint density at radius 2 is 1.00 bits per heavy atom. The predicted molar refractivity (Wildman–Crippen MR) is 101 cm³/mol. The number of hydrogen-bond donors (Lipinski definition) is 1. The van der Waals surface area contributed by atoms with Gasteiger partial charge in [-0.3, -0.25) is 4.55 Å². The monoisotopic (exact) mass is 348 g/mol. The molecular formula is C19H40O3S. The van der Waals surface area contributed by atoms with Crippen LogP contribution in [-0.2, 0) is 10.1 Å². The van der Waals surface area contributed by atoms with Crippen molar-refractivity contribution in [2.24, 2.45) is 0 Å². The molecule has 23 heavy (non-hydrogen) atoms. The maximum atomic E-state index is 11.1.